The molecule has 4 rings (SSSR count). The van der Waals surface area contributed by atoms with E-state index in [1.165, 1.54) is 32.1 Å². The van der Waals surface area contributed by atoms with Crippen molar-refractivity contribution >= 4 is 11.8 Å². The molecule has 2 heterocycles. The van der Waals surface area contributed by atoms with Gasteiger partial charge in [0.25, 0.3) is 0 Å². The second-order valence-corrected chi connectivity index (χ2v) is 9.20. The van der Waals surface area contributed by atoms with E-state index >= 15 is 0 Å². The summed E-state index contributed by atoms with van der Waals surface area (Å²) < 4.78 is 0. The van der Waals surface area contributed by atoms with Gasteiger partial charge in [-0.05, 0) is 38.3 Å². The predicted octanol–water partition coefficient (Wildman–Crippen LogP) is 2.29. The lowest BCUT2D eigenvalue weighted by Crippen LogP contribution is -2.53. The minimum absolute atomic E-state index is 0.0324. The molecule has 2 N–H and O–H groups in total. The Hall–Kier alpha value is -1.92. The minimum Gasteiger partial charge on any atom is -0.353 e. The van der Waals surface area contributed by atoms with Crippen LogP contribution in [0.2, 0.25) is 0 Å². The highest BCUT2D eigenvalue weighted by Crippen LogP contribution is 2.33. The molecule has 2 aliphatic heterocycles. The molecule has 164 valence electrons. The van der Waals surface area contributed by atoms with Crippen LogP contribution in [-0.4, -0.2) is 65.9 Å². The van der Waals surface area contributed by atoms with E-state index in [-0.39, 0.29) is 29.9 Å². The zero-order chi connectivity index (χ0) is 20.9. The monoisotopic (exact) mass is 412 g/mol. The number of rotatable bonds is 6. The first-order valence-corrected chi connectivity index (χ1v) is 11.7. The van der Waals surface area contributed by atoms with Crippen molar-refractivity contribution in [1.29, 1.82) is 0 Å². The Morgan fingerprint density at radius 2 is 1.90 bits per heavy atom. The molecule has 3 atom stereocenters. The van der Waals surface area contributed by atoms with Gasteiger partial charge in [-0.3, -0.25) is 19.4 Å². The van der Waals surface area contributed by atoms with E-state index in [9.17, 15) is 9.59 Å². The molecule has 6 heteroatoms. The minimum atomic E-state index is -0.0324. The van der Waals surface area contributed by atoms with Crippen LogP contribution < -0.4 is 10.6 Å². The van der Waals surface area contributed by atoms with E-state index in [1.54, 1.807) is 0 Å². The molecular formula is C24H36N4O2. The van der Waals surface area contributed by atoms with Crippen LogP contribution in [-0.2, 0) is 16.1 Å². The van der Waals surface area contributed by atoms with Crippen LogP contribution in [0.4, 0.5) is 0 Å². The Morgan fingerprint density at radius 1 is 1.13 bits per heavy atom. The highest BCUT2D eigenvalue weighted by molar-refractivity contribution is 5.83. The van der Waals surface area contributed by atoms with Crippen molar-refractivity contribution in [3.63, 3.8) is 0 Å². The molecule has 2 saturated heterocycles. The van der Waals surface area contributed by atoms with Crippen LogP contribution in [0.15, 0.2) is 30.3 Å². The topological polar surface area (TPSA) is 64.7 Å². The summed E-state index contributed by atoms with van der Waals surface area (Å²) in [7, 11) is 2.15. The van der Waals surface area contributed by atoms with Gasteiger partial charge in [0.15, 0.2) is 0 Å². The van der Waals surface area contributed by atoms with Gasteiger partial charge in [0, 0.05) is 44.2 Å². The van der Waals surface area contributed by atoms with Gasteiger partial charge in [-0.1, -0.05) is 49.6 Å². The first-order chi connectivity index (χ1) is 14.6. The Bertz CT molecular complexity index is 719. The van der Waals surface area contributed by atoms with Crippen LogP contribution >= 0.6 is 0 Å². The first-order valence-electron chi connectivity index (χ1n) is 11.7. The summed E-state index contributed by atoms with van der Waals surface area (Å²) in [5.74, 6) is 0.264. The van der Waals surface area contributed by atoms with Crippen molar-refractivity contribution < 1.29 is 9.59 Å². The lowest BCUT2D eigenvalue weighted by Gasteiger charge is -2.37. The summed E-state index contributed by atoms with van der Waals surface area (Å²) in [6.45, 7) is 2.22. The van der Waals surface area contributed by atoms with Crippen LogP contribution in [0, 0.1) is 0 Å². The van der Waals surface area contributed by atoms with E-state index in [0.29, 0.717) is 25.6 Å². The van der Waals surface area contributed by atoms with E-state index < -0.39 is 0 Å². The van der Waals surface area contributed by atoms with Crippen molar-refractivity contribution in [2.75, 3.05) is 20.1 Å². The van der Waals surface area contributed by atoms with Gasteiger partial charge in [0.1, 0.15) is 6.04 Å². The maximum absolute atomic E-state index is 13.0. The zero-order valence-electron chi connectivity index (χ0n) is 18.2. The highest BCUT2D eigenvalue weighted by Gasteiger charge is 2.47. The van der Waals surface area contributed by atoms with Crippen LogP contribution in [0.5, 0.6) is 0 Å². The number of amides is 2. The second-order valence-electron chi connectivity index (χ2n) is 9.20. The molecule has 3 aliphatic rings. The number of likely N-dealkylation sites (tertiary alicyclic amines) is 1. The first kappa shape index (κ1) is 21.3. The number of hydrogen-bond acceptors (Lipinski definition) is 4. The molecule has 0 spiro atoms. The Balaban J connectivity index is 1.31. The molecule has 0 bridgehead atoms. The van der Waals surface area contributed by atoms with Gasteiger partial charge in [-0.25, -0.2) is 0 Å². The standard InChI is InChI=1S/C24H36N4O2/c1-27-20(12-13-22(29)25-16-18-8-4-2-5-9-18)17-26-24(30)23-21(27)14-15-28(23)19-10-6-3-7-11-19/h2,4-5,8-9,19-21,23H,3,6-7,10-17H2,1H3,(H,25,29)(H,26,30)/t20-,21+,23-/m0/s1. The molecule has 1 aromatic rings. The average molecular weight is 413 g/mol. The Morgan fingerprint density at radius 3 is 2.67 bits per heavy atom. The molecule has 0 unspecified atom stereocenters. The molecule has 0 radical (unpaired) electrons. The lowest BCUT2D eigenvalue weighted by molar-refractivity contribution is -0.127. The third kappa shape index (κ3) is 4.86. The Labute approximate surface area is 180 Å². The van der Waals surface area contributed by atoms with Gasteiger partial charge < -0.3 is 10.6 Å². The quantitative estimate of drug-likeness (QED) is 0.753. The van der Waals surface area contributed by atoms with E-state index in [0.717, 1.165) is 24.9 Å². The van der Waals surface area contributed by atoms with E-state index in [1.807, 2.05) is 30.3 Å². The summed E-state index contributed by atoms with van der Waals surface area (Å²) in [6.07, 6.45) is 8.66. The predicted molar refractivity (Wildman–Crippen MR) is 118 cm³/mol. The zero-order valence-corrected chi connectivity index (χ0v) is 18.2. The number of benzene rings is 1. The number of fused-ring (bicyclic) bond motifs is 1. The SMILES string of the molecule is CN1[C@@H](CCC(=O)NCc2ccccc2)CNC(=O)[C@@H]2[C@H]1CCN2C1CCCCC1. The van der Waals surface area contributed by atoms with Crippen LogP contribution in [0.25, 0.3) is 0 Å². The Kier molecular flexibility index (Phi) is 7.05. The fraction of sp³-hybridized carbons (Fsp3) is 0.667. The summed E-state index contributed by atoms with van der Waals surface area (Å²) in [4.78, 5) is 30.2. The third-order valence-corrected chi connectivity index (χ3v) is 7.37. The van der Waals surface area contributed by atoms with Crippen molar-refractivity contribution in [2.45, 2.75) is 82.1 Å². The smallest absolute Gasteiger partial charge is 0.239 e. The van der Waals surface area contributed by atoms with Gasteiger partial charge >= 0.3 is 0 Å². The number of carbonyl (C=O) groups is 2. The summed E-state index contributed by atoms with van der Waals surface area (Å²) in [5, 5.41) is 6.21. The number of likely N-dealkylation sites (N-methyl/N-ethyl adjacent to an activating group) is 1. The summed E-state index contributed by atoms with van der Waals surface area (Å²) >= 11 is 0. The van der Waals surface area contributed by atoms with Gasteiger partial charge in [-0.2, -0.15) is 0 Å². The lowest BCUT2D eigenvalue weighted by atomic mass is 9.93. The van der Waals surface area contributed by atoms with Crippen molar-refractivity contribution in [2.24, 2.45) is 0 Å². The third-order valence-electron chi connectivity index (χ3n) is 7.37. The maximum atomic E-state index is 13.0. The van der Waals surface area contributed by atoms with Crippen LogP contribution in [0.3, 0.4) is 0 Å². The number of hydrogen-bond donors (Lipinski definition) is 2. The average Bonchev–Trinajstić information content (AvgIpc) is 3.19. The number of nitrogens with one attached hydrogen (secondary N) is 2. The summed E-state index contributed by atoms with van der Waals surface area (Å²) in [6, 6.07) is 11.0. The van der Waals surface area contributed by atoms with Gasteiger partial charge in [0.2, 0.25) is 11.8 Å². The molecular weight excluding hydrogens is 376 g/mol. The van der Waals surface area contributed by atoms with E-state index in [2.05, 4.69) is 27.5 Å². The van der Waals surface area contributed by atoms with Gasteiger partial charge in [-0.15, -0.1) is 0 Å². The van der Waals surface area contributed by atoms with E-state index in [4.69, 9.17) is 0 Å². The molecule has 1 aliphatic carbocycles. The molecule has 30 heavy (non-hydrogen) atoms. The van der Waals surface area contributed by atoms with Crippen molar-refractivity contribution in [3.05, 3.63) is 35.9 Å². The molecule has 1 aromatic carbocycles. The van der Waals surface area contributed by atoms with Crippen LogP contribution in [0.1, 0.15) is 56.9 Å². The normalized spacial score (nSPS) is 28.6. The van der Waals surface area contributed by atoms with Crippen molar-refractivity contribution in [1.82, 2.24) is 20.4 Å². The molecule has 2 amide bonds. The van der Waals surface area contributed by atoms with Gasteiger partial charge in [0.05, 0.1) is 0 Å². The maximum Gasteiger partial charge on any atom is 0.239 e. The fourth-order valence-corrected chi connectivity index (χ4v) is 5.60. The molecule has 6 nitrogen and oxygen atoms in total. The number of nitrogens with zero attached hydrogens (tertiary/aromatic N) is 2. The number of carbonyl (C=O) groups excluding carboxylic acids is 2. The molecule has 0 aromatic heterocycles. The van der Waals surface area contributed by atoms with Crippen molar-refractivity contribution in [3.8, 4) is 0 Å². The highest BCUT2D eigenvalue weighted by atomic mass is 16.2. The summed E-state index contributed by atoms with van der Waals surface area (Å²) in [5.41, 5.74) is 1.11. The molecule has 3 fully saturated rings. The second kappa shape index (κ2) is 9.92. The largest absolute Gasteiger partial charge is 0.353 e. The molecule has 1 saturated carbocycles. The fourth-order valence-electron chi connectivity index (χ4n) is 5.60.